The summed E-state index contributed by atoms with van der Waals surface area (Å²) in [5, 5.41) is 0.614. The van der Waals surface area contributed by atoms with E-state index in [9.17, 15) is 0 Å². The van der Waals surface area contributed by atoms with E-state index >= 15 is 0 Å². The zero-order valence-electron chi connectivity index (χ0n) is 10.7. The van der Waals surface area contributed by atoms with Crippen molar-refractivity contribution in [2.24, 2.45) is 5.73 Å². The molecule has 0 radical (unpaired) electrons. The molecule has 2 aromatic rings. The third kappa shape index (κ3) is 4.19. The van der Waals surface area contributed by atoms with E-state index in [-0.39, 0.29) is 6.04 Å². The van der Waals surface area contributed by atoms with Gasteiger partial charge in [-0.2, -0.15) is 0 Å². The topological polar surface area (TPSA) is 61.0 Å². The van der Waals surface area contributed by atoms with E-state index in [0.29, 0.717) is 16.8 Å². The summed E-state index contributed by atoms with van der Waals surface area (Å²) in [6.45, 7) is 2.06. The van der Waals surface area contributed by atoms with Crippen molar-refractivity contribution < 1.29 is 4.74 Å². The third-order valence-electron chi connectivity index (χ3n) is 2.71. The van der Waals surface area contributed by atoms with Crippen LogP contribution in [0.4, 0.5) is 0 Å². The normalized spacial score (nSPS) is 12.2. The lowest BCUT2D eigenvalue weighted by Crippen LogP contribution is -2.21. The van der Waals surface area contributed by atoms with Crippen LogP contribution in [0.1, 0.15) is 18.9 Å². The van der Waals surface area contributed by atoms with Crippen molar-refractivity contribution in [1.29, 1.82) is 0 Å². The monoisotopic (exact) mass is 277 g/mol. The molecule has 1 heterocycles. The van der Waals surface area contributed by atoms with Crippen molar-refractivity contribution in [1.82, 2.24) is 9.97 Å². The summed E-state index contributed by atoms with van der Waals surface area (Å²) in [6, 6.07) is 7.55. The standard InChI is InChI=1S/C14H16ClN3O/c1-2-12(16)6-10-8-17-14(18-9-10)19-13-5-3-4-11(15)7-13/h3-5,7-9,12H,2,6,16H2,1H3. The van der Waals surface area contributed by atoms with Crippen molar-refractivity contribution in [3.8, 4) is 11.8 Å². The Labute approximate surface area is 117 Å². The van der Waals surface area contributed by atoms with Crippen LogP contribution in [0.5, 0.6) is 11.8 Å². The molecule has 5 heteroatoms. The lowest BCUT2D eigenvalue weighted by Gasteiger charge is -2.08. The van der Waals surface area contributed by atoms with Gasteiger partial charge in [-0.15, -0.1) is 0 Å². The lowest BCUT2D eigenvalue weighted by atomic mass is 10.1. The van der Waals surface area contributed by atoms with Gasteiger partial charge in [-0.25, -0.2) is 9.97 Å². The molecule has 2 N–H and O–H groups in total. The molecule has 1 aromatic heterocycles. The second-order valence-corrected chi connectivity index (χ2v) is 4.74. The minimum atomic E-state index is 0.142. The van der Waals surface area contributed by atoms with Gasteiger partial charge in [0.25, 0.3) is 0 Å². The summed E-state index contributed by atoms with van der Waals surface area (Å²) in [6.07, 6.45) is 5.18. The molecule has 0 aliphatic carbocycles. The molecule has 1 unspecified atom stereocenters. The van der Waals surface area contributed by atoms with E-state index < -0.39 is 0 Å². The Morgan fingerprint density at radius 1 is 1.32 bits per heavy atom. The van der Waals surface area contributed by atoms with Crippen molar-refractivity contribution in [2.45, 2.75) is 25.8 Å². The predicted molar refractivity (Wildman–Crippen MR) is 75.5 cm³/mol. The number of hydrogen-bond acceptors (Lipinski definition) is 4. The minimum Gasteiger partial charge on any atom is -0.424 e. The zero-order valence-corrected chi connectivity index (χ0v) is 11.5. The number of hydrogen-bond donors (Lipinski definition) is 1. The van der Waals surface area contributed by atoms with Crippen LogP contribution < -0.4 is 10.5 Å². The fraction of sp³-hybridized carbons (Fsp3) is 0.286. The highest BCUT2D eigenvalue weighted by atomic mass is 35.5. The van der Waals surface area contributed by atoms with Gasteiger partial charge in [0.15, 0.2) is 0 Å². The van der Waals surface area contributed by atoms with Gasteiger partial charge in [0.1, 0.15) is 5.75 Å². The molecule has 0 saturated heterocycles. The van der Waals surface area contributed by atoms with Gasteiger partial charge in [-0.1, -0.05) is 24.6 Å². The number of benzene rings is 1. The van der Waals surface area contributed by atoms with Crippen molar-refractivity contribution >= 4 is 11.6 Å². The van der Waals surface area contributed by atoms with E-state index in [1.165, 1.54) is 0 Å². The maximum atomic E-state index is 5.88. The first-order valence-corrected chi connectivity index (χ1v) is 6.55. The van der Waals surface area contributed by atoms with Gasteiger partial charge >= 0.3 is 6.01 Å². The number of aromatic nitrogens is 2. The predicted octanol–water partition coefficient (Wildman–Crippen LogP) is 3.20. The van der Waals surface area contributed by atoms with Gasteiger partial charge < -0.3 is 10.5 Å². The van der Waals surface area contributed by atoms with E-state index in [4.69, 9.17) is 22.1 Å². The Bertz CT molecular complexity index is 530. The first kappa shape index (κ1) is 13.8. The SMILES string of the molecule is CCC(N)Cc1cnc(Oc2cccc(Cl)c2)nc1. The molecule has 1 aromatic carbocycles. The maximum absolute atomic E-state index is 5.88. The summed E-state index contributed by atoms with van der Waals surface area (Å²) >= 11 is 5.87. The van der Waals surface area contributed by atoms with Gasteiger partial charge in [0.05, 0.1) is 0 Å². The number of ether oxygens (including phenoxy) is 1. The van der Waals surface area contributed by atoms with Gasteiger partial charge in [-0.05, 0) is 36.6 Å². The molecule has 1 atom stereocenters. The molecule has 0 aliphatic heterocycles. The number of rotatable bonds is 5. The lowest BCUT2D eigenvalue weighted by molar-refractivity contribution is 0.440. The summed E-state index contributed by atoms with van der Waals surface area (Å²) < 4.78 is 5.51. The summed E-state index contributed by atoms with van der Waals surface area (Å²) in [7, 11) is 0. The molecule has 0 amide bonds. The summed E-state index contributed by atoms with van der Waals surface area (Å²) in [4.78, 5) is 8.32. The number of nitrogens with zero attached hydrogens (tertiary/aromatic N) is 2. The molecule has 0 saturated carbocycles. The summed E-state index contributed by atoms with van der Waals surface area (Å²) in [5.74, 6) is 0.616. The van der Waals surface area contributed by atoms with Crippen LogP contribution >= 0.6 is 11.6 Å². The number of halogens is 1. The molecule has 0 fully saturated rings. The fourth-order valence-corrected chi connectivity index (χ4v) is 1.76. The second kappa shape index (κ2) is 6.50. The van der Waals surface area contributed by atoms with E-state index in [2.05, 4.69) is 16.9 Å². The highest BCUT2D eigenvalue weighted by Gasteiger charge is 2.04. The molecular weight excluding hydrogens is 262 g/mol. The summed E-state index contributed by atoms with van der Waals surface area (Å²) in [5.41, 5.74) is 6.89. The van der Waals surface area contributed by atoms with Gasteiger partial charge in [0, 0.05) is 23.5 Å². The highest BCUT2D eigenvalue weighted by molar-refractivity contribution is 6.30. The molecule has 2 rings (SSSR count). The van der Waals surface area contributed by atoms with Crippen LogP contribution in [0, 0.1) is 0 Å². The molecule has 0 aliphatic rings. The zero-order chi connectivity index (χ0) is 13.7. The van der Waals surface area contributed by atoms with Crippen LogP contribution in [0.3, 0.4) is 0 Å². The highest BCUT2D eigenvalue weighted by Crippen LogP contribution is 2.21. The van der Waals surface area contributed by atoms with E-state index in [1.54, 1.807) is 30.6 Å². The van der Waals surface area contributed by atoms with Crippen LogP contribution in [-0.2, 0) is 6.42 Å². The van der Waals surface area contributed by atoms with E-state index in [1.807, 2.05) is 6.07 Å². The van der Waals surface area contributed by atoms with Crippen LogP contribution in [0.15, 0.2) is 36.7 Å². The molecular formula is C14H16ClN3O. The molecule has 0 spiro atoms. The van der Waals surface area contributed by atoms with Crippen molar-refractivity contribution in [2.75, 3.05) is 0 Å². The second-order valence-electron chi connectivity index (χ2n) is 4.31. The largest absolute Gasteiger partial charge is 0.424 e. The Kier molecular flexibility index (Phi) is 4.71. The van der Waals surface area contributed by atoms with E-state index in [0.717, 1.165) is 18.4 Å². The number of nitrogens with two attached hydrogens (primary N) is 1. The Morgan fingerprint density at radius 3 is 2.68 bits per heavy atom. The third-order valence-corrected chi connectivity index (χ3v) is 2.94. The molecule has 0 bridgehead atoms. The first-order chi connectivity index (χ1) is 9.17. The van der Waals surface area contributed by atoms with Gasteiger partial charge in [-0.3, -0.25) is 0 Å². The Hall–Kier alpha value is -1.65. The molecule has 100 valence electrons. The smallest absolute Gasteiger partial charge is 0.321 e. The first-order valence-electron chi connectivity index (χ1n) is 6.17. The Balaban J connectivity index is 2.02. The van der Waals surface area contributed by atoms with Crippen LogP contribution in [0.2, 0.25) is 5.02 Å². The average Bonchev–Trinajstić information content (AvgIpc) is 2.41. The fourth-order valence-electron chi connectivity index (χ4n) is 1.58. The minimum absolute atomic E-state index is 0.142. The molecule has 4 nitrogen and oxygen atoms in total. The Morgan fingerprint density at radius 2 is 2.05 bits per heavy atom. The average molecular weight is 278 g/mol. The quantitative estimate of drug-likeness (QED) is 0.912. The van der Waals surface area contributed by atoms with Crippen LogP contribution in [-0.4, -0.2) is 16.0 Å². The van der Waals surface area contributed by atoms with Crippen LogP contribution in [0.25, 0.3) is 0 Å². The van der Waals surface area contributed by atoms with Crippen molar-refractivity contribution in [3.05, 3.63) is 47.2 Å². The molecule has 19 heavy (non-hydrogen) atoms. The maximum Gasteiger partial charge on any atom is 0.321 e. The van der Waals surface area contributed by atoms with Crippen molar-refractivity contribution in [3.63, 3.8) is 0 Å². The van der Waals surface area contributed by atoms with Gasteiger partial charge in [0.2, 0.25) is 0 Å².